The van der Waals surface area contributed by atoms with Crippen LogP contribution >= 0.6 is 27.3 Å². The van der Waals surface area contributed by atoms with E-state index in [4.69, 9.17) is 4.42 Å². The zero-order valence-corrected chi connectivity index (χ0v) is 8.65. The summed E-state index contributed by atoms with van der Waals surface area (Å²) in [7, 11) is 0. The highest BCUT2D eigenvalue weighted by Crippen LogP contribution is 2.28. The van der Waals surface area contributed by atoms with Gasteiger partial charge in [0.2, 0.25) is 0 Å². The summed E-state index contributed by atoms with van der Waals surface area (Å²) in [4.78, 5) is 1.46. The molecule has 0 bridgehead atoms. The topological polar surface area (TPSA) is 38.9 Å². The number of rotatable bonds is 1. The summed E-state index contributed by atoms with van der Waals surface area (Å²) in [5.74, 6) is 0.578. The average molecular weight is 245 g/mol. The predicted molar refractivity (Wildman–Crippen MR) is 50.0 cm³/mol. The third-order valence-electron chi connectivity index (χ3n) is 1.46. The molecular weight excluding hydrogens is 240 g/mol. The molecule has 0 amide bonds. The van der Waals surface area contributed by atoms with Crippen LogP contribution in [0, 0.1) is 6.92 Å². The van der Waals surface area contributed by atoms with Gasteiger partial charge in [-0.05, 0) is 23.9 Å². The van der Waals surface area contributed by atoms with Crippen molar-refractivity contribution in [1.82, 2.24) is 10.2 Å². The zero-order chi connectivity index (χ0) is 8.55. The van der Waals surface area contributed by atoms with E-state index in [9.17, 15) is 0 Å². The second-order valence-corrected chi connectivity index (χ2v) is 3.89. The molecule has 0 aromatic carbocycles. The minimum absolute atomic E-state index is 0.422. The lowest BCUT2D eigenvalue weighted by Crippen LogP contribution is -1.74. The van der Waals surface area contributed by atoms with E-state index in [0.29, 0.717) is 10.7 Å². The summed E-state index contributed by atoms with van der Waals surface area (Å²) in [5.41, 5.74) is 1.16. The van der Waals surface area contributed by atoms with Gasteiger partial charge in [0.05, 0.1) is 4.88 Å². The molecule has 0 spiro atoms. The summed E-state index contributed by atoms with van der Waals surface area (Å²) in [5, 5.41) is 9.59. The Kier molecular flexibility index (Phi) is 1.98. The number of hydrogen-bond donors (Lipinski definition) is 0. The molecule has 0 aliphatic rings. The Labute approximate surface area is 81.6 Å². The number of aromatic nitrogens is 2. The van der Waals surface area contributed by atoms with Crippen molar-refractivity contribution >= 4 is 27.3 Å². The van der Waals surface area contributed by atoms with Crippen molar-refractivity contribution in [2.24, 2.45) is 0 Å². The molecule has 0 aliphatic carbocycles. The Morgan fingerprint density at radius 3 is 2.83 bits per heavy atom. The SMILES string of the molecule is Cc1ccsc1-c1nnc(Br)o1. The maximum atomic E-state index is 5.21. The Morgan fingerprint density at radius 1 is 1.50 bits per heavy atom. The summed E-state index contributed by atoms with van der Waals surface area (Å²) < 4.78 is 5.21. The molecule has 0 atom stereocenters. The van der Waals surface area contributed by atoms with Crippen LogP contribution in [0.4, 0.5) is 0 Å². The van der Waals surface area contributed by atoms with E-state index in [1.54, 1.807) is 11.3 Å². The smallest absolute Gasteiger partial charge is 0.285 e. The lowest BCUT2D eigenvalue weighted by atomic mass is 10.3. The van der Waals surface area contributed by atoms with Gasteiger partial charge in [-0.3, -0.25) is 0 Å². The molecule has 2 heterocycles. The van der Waals surface area contributed by atoms with Crippen molar-refractivity contribution in [3.63, 3.8) is 0 Å². The Hall–Kier alpha value is -0.680. The fourth-order valence-electron chi connectivity index (χ4n) is 0.889. The molecule has 0 radical (unpaired) electrons. The molecule has 0 aliphatic heterocycles. The van der Waals surface area contributed by atoms with Gasteiger partial charge in [0, 0.05) is 15.9 Å². The molecule has 5 heteroatoms. The van der Waals surface area contributed by atoms with Gasteiger partial charge >= 0.3 is 0 Å². The summed E-state index contributed by atoms with van der Waals surface area (Å²) >= 11 is 4.71. The number of hydrogen-bond acceptors (Lipinski definition) is 4. The monoisotopic (exact) mass is 244 g/mol. The first-order valence-electron chi connectivity index (χ1n) is 3.31. The van der Waals surface area contributed by atoms with E-state index in [1.165, 1.54) is 0 Å². The van der Waals surface area contributed by atoms with Crippen LogP contribution in [0.1, 0.15) is 5.56 Å². The molecular formula is C7H5BrN2OS. The van der Waals surface area contributed by atoms with Crippen molar-refractivity contribution in [2.45, 2.75) is 6.92 Å². The van der Waals surface area contributed by atoms with Crippen LogP contribution < -0.4 is 0 Å². The van der Waals surface area contributed by atoms with E-state index >= 15 is 0 Å². The van der Waals surface area contributed by atoms with Crippen molar-refractivity contribution in [1.29, 1.82) is 0 Å². The van der Waals surface area contributed by atoms with Crippen LogP contribution in [0.3, 0.4) is 0 Å². The van der Waals surface area contributed by atoms with E-state index in [1.807, 2.05) is 18.4 Å². The third kappa shape index (κ3) is 1.30. The highest BCUT2D eigenvalue weighted by atomic mass is 79.9. The van der Waals surface area contributed by atoms with Gasteiger partial charge in [-0.2, -0.15) is 0 Å². The van der Waals surface area contributed by atoms with Crippen molar-refractivity contribution in [3.05, 3.63) is 21.8 Å². The second-order valence-electron chi connectivity index (χ2n) is 2.29. The first-order chi connectivity index (χ1) is 5.77. The molecule has 0 saturated carbocycles. The Morgan fingerprint density at radius 2 is 2.33 bits per heavy atom. The van der Waals surface area contributed by atoms with Crippen molar-refractivity contribution < 1.29 is 4.42 Å². The average Bonchev–Trinajstić information content (AvgIpc) is 2.58. The first-order valence-corrected chi connectivity index (χ1v) is 4.98. The lowest BCUT2D eigenvalue weighted by Gasteiger charge is -1.88. The molecule has 0 fully saturated rings. The van der Waals surface area contributed by atoms with Crippen molar-refractivity contribution in [2.75, 3.05) is 0 Å². The van der Waals surface area contributed by atoms with Gasteiger partial charge in [0.1, 0.15) is 0 Å². The summed E-state index contributed by atoms with van der Waals surface area (Å²) in [6, 6.07) is 2.03. The number of aryl methyl sites for hydroxylation is 1. The highest BCUT2D eigenvalue weighted by molar-refractivity contribution is 9.10. The number of thiophene rings is 1. The Balaban J connectivity index is 2.50. The molecule has 3 nitrogen and oxygen atoms in total. The van der Waals surface area contributed by atoms with Crippen LogP contribution in [0.2, 0.25) is 0 Å². The van der Waals surface area contributed by atoms with Crippen LogP contribution in [-0.4, -0.2) is 10.2 Å². The maximum Gasteiger partial charge on any atom is 0.285 e. The standard InChI is InChI=1S/C7H5BrN2OS/c1-4-2-3-12-5(4)6-9-10-7(8)11-6/h2-3H,1H3. The van der Waals surface area contributed by atoms with Crippen LogP contribution in [0.15, 0.2) is 20.7 Å². The maximum absolute atomic E-state index is 5.21. The lowest BCUT2D eigenvalue weighted by molar-refractivity contribution is 0.541. The second kappa shape index (κ2) is 2.99. The molecule has 2 aromatic heterocycles. The molecule has 2 aromatic rings. The predicted octanol–water partition coefficient (Wildman–Crippen LogP) is 2.87. The molecule has 12 heavy (non-hydrogen) atoms. The quantitative estimate of drug-likeness (QED) is 0.775. The fourth-order valence-corrected chi connectivity index (χ4v) is 1.97. The van der Waals surface area contributed by atoms with E-state index in [-0.39, 0.29) is 0 Å². The van der Waals surface area contributed by atoms with Gasteiger partial charge in [0.25, 0.3) is 10.7 Å². The van der Waals surface area contributed by atoms with Gasteiger partial charge in [-0.25, -0.2) is 0 Å². The third-order valence-corrected chi connectivity index (χ3v) is 2.78. The molecule has 0 saturated heterocycles. The van der Waals surface area contributed by atoms with Gasteiger partial charge < -0.3 is 4.42 Å². The minimum Gasteiger partial charge on any atom is -0.410 e. The number of nitrogens with zero attached hydrogens (tertiary/aromatic N) is 2. The summed E-state index contributed by atoms with van der Waals surface area (Å²) in [6.07, 6.45) is 0. The highest BCUT2D eigenvalue weighted by Gasteiger charge is 2.09. The minimum atomic E-state index is 0.422. The van der Waals surface area contributed by atoms with Crippen LogP contribution in [0.25, 0.3) is 10.8 Å². The molecule has 2 rings (SSSR count). The van der Waals surface area contributed by atoms with Crippen LogP contribution in [-0.2, 0) is 0 Å². The first kappa shape index (κ1) is 7.94. The molecule has 62 valence electrons. The summed E-state index contributed by atoms with van der Waals surface area (Å²) in [6.45, 7) is 2.02. The van der Waals surface area contributed by atoms with E-state index in [2.05, 4.69) is 26.1 Å². The molecule has 0 unspecified atom stereocenters. The normalized spacial score (nSPS) is 10.5. The largest absolute Gasteiger partial charge is 0.410 e. The van der Waals surface area contributed by atoms with Gasteiger partial charge in [-0.15, -0.1) is 21.5 Å². The van der Waals surface area contributed by atoms with Gasteiger partial charge in [-0.1, -0.05) is 0 Å². The van der Waals surface area contributed by atoms with Gasteiger partial charge in [0.15, 0.2) is 0 Å². The van der Waals surface area contributed by atoms with E-state index in [0.717, 1.165) is 10.4 Å². The zero-order valence-electron chi connectivity index (χ0n) is 6.24. The number of halogens is 1. The molecule has 0 N–H and O–H groups in total. The van der Waals surface area contributed by atoms with E-state index < -0.39 is 0 Å². The Bertz CT molecular complexity index is 396. The fraction of sp³-hybridized carbons (Fsp3) is 0.143. The van der Waals surface area contributed by atoms with Crippen LogP contribution in [0.5, 0.6) is 0 Å². The van der Waals surface area contributed by atoms with Crippen molar-refractivity contribution in [3.8, 4) is 10.8 Å².